The first-order valence-electron chi connectivity index (χ1n) is 5.62. The fraction of sp³-hybridized carbons (Fsp3) is 0.462. The van der Waals surface area contributed by atoms with Gasteiger partial charge in [-0.25, -0.2) is 0 Å². The summed E-state index contributed by atoms with van der Waals surface area (Å²) in [7, 11) is 0. The van der Waals surface area contributed by atoms with Crippen LogP contribution in [-0.2, 0) is 4.79 Å². The monoisotopic (exact) mass is 237 g/mol. The average molecular weight is 238 g/mol. The number of piperidine rings is 1. The molecular weight excluding hydrogens is 222 g/mol. The molecule has 86 valence electrons. The van der Waals surface area contributed by atoms with Gasteiger partial charge < -0.3 is 4.90 Å². The fourth-order valence-corrected chi connectivity index (χ4v) is 2.34. The summed E-state index contributed by atoms with van der Waals surface area (Å²) in [5, 5.41) is 0.771. The summed E-state index contributed by atoms with van der Waals surface area (Å²) >= 11 is 6.19. The van der Waals surface area contributed by atoms with Crippen LogP contribution in [-0.4, -0.2) is 18.9 Å². The van der Waals surface area contributed by atoms with E-state index in [2.05, 4.69) is 17.9 Å². The van der Waals surface area contributed by atoms with E-state index in [4.69, 9.17) is 11.6 Å². The predicted molar refractivity (Wildman–Crippen MR) is 67.2 cm³/mol. The molecule has 1 aromatic rings. The normalized spacial score (nSPS) is 21.3. The summed E-state index contributed by atoms with van der Waals surface area (Å²) in [4.78, 5) is 13.7. The topological polar surface area (TPSA) is 20.3 Å². The van der Waals surface area contributed by atoms with E-state index < -0.39 is 0 Å². The molecule has 0 saturated carbocycles. The molecule has 3 heteroatoms. The van der Waals surface area contributed by atoms with Crippen molar-refractivity contribution >= 4 is 23.1 Å². The molecule has 2 nitrogen and oxygen atoms in total. The average Bonchev–Trinajstić information content (AvgIpc) is 2.26. The van der Waals surface area contributed by atoms with Crippen molar-refractivity contribution in [3.63, 3.8) is 0 Å². The second kappa shape index (κ2) is 4.46. The molecule has 0 bridgehead atoms. The van der Waals surface area contributed by atoms with Crippen molar-refractivity contribution in [2.24, 2.45) is 5.92 Å². The van der Waals surface area contributed by atoms with E-state index in [1.54, 1.807) is 0 Å². The van der Waals surface area contributed by atoms with Crippen LogP contribution in [0.2, 0.25) is 5.02 Å². The number of ketones is 1. The lowest BCUT2D eigenvalue weighted by Gasteiger charge is -2.32. The van der Waals surface area contributed by atoms with Crippen LogP contribution in [0.1, 0.15) is 18.9 Å². The molecule has 0 amide bonds. The van der Waals surface area contributed by atoms with Crippen LogP contribution < -0.4 is 4.90 Å². The lowest BCUT2D eigenvalue weighted by molar-refractivity contribution is -0.122. The van der Waals surface area contributed by atoms with Gasteiger partial charge in [0.1, 0.15) is 5.78 Å². The molecule has 1 fully saturated rings. The number of rotatable bonds is 1. The Kier molecular flexibility index (Phi) is 3.20. The Morgan fingerprint density at radius 2 is 2.19 bits per heavy atom. The summed E-state index contributed by atoms with van der Waals surface area (Å²) < 4.78 is 0. The number of hydrogen-bond acceptors (Lipinski definition) is 2. The van der Waals surface area contributed by atoms with Gasteiger partial charge in [0.15, 0.2) is 0 Å². The first-order valence-corrected chi connectivity index (χ1v) is 5.99. The lowest BCUT2D eigenvalue weighted by Crippen LogP contribution is -2.39. The highest BCUT2D eigenvalue weighted by atomic mass is 35.5. The van der Waals surface area contributed by atoms with Gasteiger partial charge in [0.2, 0.25) is 0 Å². The Balaban J connectivity index is 2.24. The first kappa shape index (κ1) is 11.5. The number of halogens is 1. The Hall–Kier alpha value is -1.02. The van der Waals surface area contributed by atoms with E-state index in [9.17, 15) is 4.79 Å². The molecule has 1 aliphatic rings. The third-order valence-electron chi connectivity index (χ3n) is 3.11. The molecule has 16 heavy (non-hydrogen) atoms. The number of benzene rings is 1. The molecule has 0 N–H and O–H groups in total. The van der Waals surface area contributed by atoms with Gasteiger partial charge in [-0.3, -0.25) is 4.79 Å². The van der Waals surface area contributed by atoms with Crippen molar-refractivity contribution in [3.8, 4) is 0 Å². The SMILES string of the molecule is Cc1ccc(Cl)c(N2CCC(=O)C(C)C2)c1. The van der Waals surface area contributed by atoms with Gasteiger partial charge in [0.25, 0.3) is 0 Å². The minimum absolute atomic E-state index is 0.116. The highest BCUT2D eigenvalue weighted by Gasteiger charge is 2.24. The first-order chi connectivity index (χ1) is 7.58. The van der Waals surface area contributed by atoms with E-state index in [0.29, 0.717) is 12.2 Å². The highest BCUT2D eigenvalue weighted by molar-refractivity contribution is 6.33. The standard InChI is InChI=1S/C13H16ClNO/c1-9-3-4-11(14)12(7-9)15-6-5-13(16)10(2)8-15/h3-4,7,10H,5-6,8H2,1-2H3. The third kappa shape index (κ3) is 2.22. The van der Waals surface area contributed by atoms with Gasteiger partial charge in [-0.1, -0.05) is 24.6 Å². The summed E-state index contributed by atoms with van der Waals surface area (Å²) in [6.07, 6.45) is 0.630. The number of carbonyl (C=O) groups excluding carboxylic acids is 1. The number of anilines is 1. The maximum atomic E-state index is 11.5. The largest absolute Gasteiger partial charge is 0.369 e. The van der Waals surface area contributed by atoms with E-state index in [0.717, 1.165) is 23.8 Å². The Morgan fingerprint density at radius 3 is 2.88 bits per heavy atom. The molecule has 0 aliphatic carbocycles. The van der Waals surface area contributed by atoms with Crippen molar-refractivity contribution in [1.29, 1.82) is 0 Å². The van der Waals surface area contributed by atoms with Crippen molar-refractivity contribution in [3.05, 3.63) is 28.8 Å². The number of Topliss-reactive ketones (excluding diaryl/α,β-unsaturated/α-hetero) is 1. The van der Waals surface area contributed by atoms with E-state index >= 15 is 0 Å². The number of hydrogen-bond donors (Lipinski definition) is 0. The molecule has 1 unspecified atom stereocenters. The third-order valence-corrected chi connectivity index (χ3v) is 3.43. The molecule has 1 aliphatic heterocycles. The van der Waals surface area contributed by atoms with Crippen LogP contribution in [0.3, 0.4) is 0 Å². The molecule has 0 radical (unpaired) electrons. The molecule has 2 rings (SSSR count). The molecule has 1 saturated heterocycles. The predicted octanol–water partition coefficient (Wildman–Crippen LogP) is 3.06. The quantitative estimate of drug-likeness (QED) is 0.748. The number of carbonyl (C=O) groups is 1. The minimum Gasteiger partial charge on any atom is -0.369 e. The second-order valence-corrected chi connectivity index (χ2v) is 4.93. The van der Waals surface area contributed by atoms with Gasteiger partial charge in [0.05, 0.1) is 10.7 Å². The molecule has 1 aromatic carbocycles. The van der Waals surface area contributed by atoms with E-state index in [1.807, 2.05) is 19.1 Å². The van der Waals surface area contributed by atoms with Crippen molar-refractivity contribution in [2.45, 2.75) is 20.3 Å². The minimum atomic E-state index is 0.116. The zero-order chi connectivity index (χ0) is 11.7. The number of nitrogens with zero attached hydrogens (tertiary/aromatic N) is 1. The summed E-state index contributed by atoms with van der Waals surface area (Å²) in [5.74, 6) is 0.477. The summed E-state index contributed by atoms with van der Waals surface area (Å²) in [5.41, 5.74) is 2.25. The highest BCUT2D eigenvalue weighted by Crippen LogP contribution is 2.29. The van der Waals surface area contributed by atoms with Gasteiger partial charge >= 0.3 is 0 Å². The molecule has 1 heterocycles. The zero-order valence-corrected chi connectivity index (χ0v) is 10.4. The van der Waals surface area contributed by atoms with Crippen LogP contribution in [0.4, 0.5) is 5.69 Å². The molecule has 0 aromatic heterocycles. The molecule has 0 spiro atoms. The van der Waals surface area contributed by atoms with E-state index in [1.165, 1.54) is 5.56 Å². The van der Waals surface area contributed by atoms with Crippen molar-refractivity contribution in [1.82, 2.24) is 0 Å². The maximum absolute atomic E-state index is 11.5. The van der Waals surface area contributed by atoms with Crippen LogP contribution in [0.25, 0.3) is 0 Å². The van der Waals surface area contributed by atoms with Gasteiger partial charge in [-0.2, -0.15) is 0 Å². The van der Waals surface area contributed by atoms with Gasteiger partial charge in [-0.05, 0) is 24.6 Å². The van der Waals surface area contributed by atoms with Crippen molar-refractivity contribution in [2.75, 3.05) is 18.0 Å². The lowest BCUT2D eigenvalue weighted by atomic mass is 9.98. The van der Waals surface area contributed by atoms with Crippen LogP contribution in [0.5, 0.6) is 0 Å². The van der Waals surface area contributed by atoms with Crippen LogP contribution in [0, 0.1) is 12.8 Å². The molecule has 1 atom stereocenters. The fourth-order valence-electron chi connectivity index (χ4n) is 2.10. The van der Waals surface area contributed by atoms with Crippen molar-refractivity contribution < 1.29 is 4.79 Å². The Bertz CT molecular complexity index is 416. The van der Waals surface area contributed by atoms with Crippen LogP contribution in [0.15, 0.2) is 18.2 Å². The summed E-state index contributed by atoms with van der Waals surface area (Å²) in [6.45, 7) is 5.60. The zero-order valence-electron chi connectivity index (χ0n) is 9.66. The Labute approximate surface area is 101 Å². The van der Waals surface area contributed by atoms with Crippen LogP contribution >= 0.6 is 11.6 Å². The summed E-state index contributed by atoms with van der Waals surface area (Å²) in [6, 6.07) is 6.02. The van der Waals surface area contributed by atoms with E-state index in [-0.39, 0.29) is 5.92 Å². The van der Waals surface area contributed by atoms with Gasteiger partial charge in [0, 0.05) is 25.4 Å². The maximum Gasteiger partial charge on any atom is 0.139 e. The smallest absolute Gasteiger partial charge is 0.139 e. The molecular formula is C13H16ClNO. The second-order valence-electron chi connectivity index (χ2n) is 4.52. The van der Waals surface area contributed by atoms with Gasteiger partial charge in [-0.15, -0.1) is 0 Å². The Morgan fingerprint density at radius 1 is 1.44 bits per heavy atom. The number of aryl methyl sites for hydroxylation is 1.